The van der Waals surface area contributed by atoms with E-state index in [1.54, 1.807) is 116 Å². The van der Waals surface area contributed by atoms with Crippen LogP contribution >= 0.6 is 0 Å². The molecule has 0 fully saturated rings. The van der Waals surface area contributed by atoms with E-state index in [4.69, 9.17) is 18.9 Å². The van der Waals surface area contributed by atoms with Crippen LogP contribution in [0.4, 0.5) is 0 Å². The van der Waals surface area contributed by atoms with Crippen molar-refractivity contribution in [3.05, 3.63) is 131 Å². The van der Waals surface area contributed by atoms with Gasteiger partial charge in [-0.3, -0.25) is 0 Å². The van der Waals surface area contributed by atoms with Crippen molar-refractivity contribution >= 4 is 23.9 Å². The fraction of sp³-hybridized carbons (Fsp3) is 0.152. The van der Waals surface area contributed by atoms with Crippen LogP contribution in [-0.4, -0.2) is 49.8 Å². The zero-order chi connectivity index (χ0) is 29.0. The molecular weight excluding hydrogens is 524 g/mol. The van der Waals surface area contributed by atoms with E-state index in [1.165, 1.54) is 0 Å². The van der Waals surface area contributed by atoms with Crippen molar-refractivity contribution in [2.24, 2.45) is 0 Å². The standard InChI is InChI=1S/C33H28O8/c1-23(41-33(37)25-12-6-3-7-13-25)22-40-32(36)29-17-9-15-27(21-29)26-14-8-16-28(20-26)31(35)39-19-18-38-30(34)24-10-4-2-5-11-24/h2-17,20-21,23H,18-19,22H2,1H3. The van der Waals surface area contributed by atoms with Crippen molar-refractivity contribution in [1.29, 1.82) is 0 Å². The summed E-state index contributed by atoms with van der Waals surface area (Å²) >= 11 is 0. The monoisotopic (exact) mass is 552 g/mol. The molecule has 8 nitrogen and oxygen atoms in total. The smallest absolute Gasteiger partial charge is 0.338 e. The predicted molar refractivity (Wildman–Crippen MR) is 150 cm³/mol. The second kappa shape index (κ2) is 14.2. The molecule has 41 heavy (non-hydrogen) atoms. The van der Waals surface area contributed by atoms with Gasteiger partial charge in [-0.05, 0) is 66.6 Å². The number of carbonyl (C=O) groups is 4. The van der Waals surface area contributed by atoms with E-state index >= 15 is 0 Å². The van der Waals surface area contributed by atoms with E-state index in [1.807, 2.05) is 0 Å². The van der Waals surface area contributed by atoms with Gasteiger partial charge in [0.2, 0.25) is 0 Å². The quantitative estimate of drug-likeness (QED) is 0.131. The molecule has 4 aromatic rings. The Morgan fingerprint density at radius 3 is 1.44 bits per heavy atom. The van der Waals surface area contributed by atoms with Crippen molar-refractivity contribution in [3.8, 4) is 11.1 Å². The topological polar surface area (TPSA) is 105 Å². The van der Waals surface area contributed by atoms with Gasteiger partial charge < -0.3 is 18.9 Å². The minimum absolute atomic E-state index is 0.0760. The Labute approximate surface area is 237 Å². The number of carbonyl (C=O) groups excluding carboxylic acids is 4. The van der Waals surface area contributed by atoms with Gasteiger partial charge >= 0.3 is 23.9 Å². The van der Waals surface area contributed by atoms with Crippen LogP contribution in [0, 0.1) is 0 Å². The minimum Gasteiger partial charge on any atom is -0.458 e. The molecule has 1 atom stereocenters. The van der Waals surface area contributed by atoms with E-state index in [2.05, 4.69) is 0 Å². The number of hydrogen-bond donors (Lipinski definition) is 0. The summed E-state index contributed by atoms with van der Waals surface area (Å²) in [5.41, 5.74) is 2.81. The lowest BCUT2D eigenvalue weighted by Crippen LogP contribution is -2.22. The minimum atomic E-state index is -0.639. The maximum Gasteiger partial charge on any atom is 0.338 e. The molecule has 0 heterocycles. The van der Waals surface area contributed by atoms with Crippen LogP contribution in [0.1, 0.15) is 48.4 Å². The van der Waals surface area contributed by atoms with Crippen LogP contribution in [0.5, 0.6) is 0 Å². The SMILES string of the molecule is CC(COC(=O)c1cccc(-c2cccc(C(=O)OCCOC(=O)c3ccccc3)c2)c1)OC(=O)c1ccccc1. The van der Waals surface area contributed by atoms with Gasteiger partial charge in [0.1, 0.15) is 25.9 Å². The summed E-state index contributed by atoms with van der Waals surface area (Å²) < 4.78 is 21.1. The first kappa shape index (κ1) is 28.8. The van der Waals surface area contributed by atoms with Crippen LogP contribution in [0.3, 0.4) is 0 Å². The molecular formula is C33H28O8. The summed E-state index contributed by atoms with van der Waals surface area (Å²) in [7, 11) is 0. The average molecular weight is 553 g/mol. The Hall–Kier alpha value is -5.24. The molecule has 8 heteroatoms. The molecule has 0 aliphatic rings. The van der Waals surface area contributed by atoms with Crippen LogP contribution in [0.15, 0.2) is 109 Å². The number of ether oxygens (including phenoxy) is 4. The predicted octanol–water partition coefficient (Wildman–Crippen LogP) is 5.77. The molecule has 0 saturated carbocycles. The van der Waals surface area contributed by atoms with Gasteiger partial charge in [0.05, 0.1) is 22.3 Å². The summed E-state index contributed by atoms with van der Waals surface area (Å²) in [4.78, 5) is 49.4. The maximum absolute atomic E-state index is 12.7. The third kappa shape index (κ3) is 8.37. The molecule has 0 aromatic heterocycles. The molecule has 4 aromatic carbocycles. The van der Waals surface area contributed by atoms with E-state index in [0.717, 1.165) is 0 Å². The maximum atomic E-state index is 12.7. The first-order valence-corrected chi connectivity index (χ1v) is 12.9. The van der Waals surface area contributed by atoms with Crippen molar-refractivity contribution < 1.29 is 38.1 Å². The number of rotatable bonds is 11. The molecule has 0 amide bonds. The molecule has 0 radical (unpaired) electrons. The summed E-state index contributed by atoms with van der Waals surface area (Å²) in [6.45, 7) is 1.36. The van der Waals surface area contributed by atoms with Gasteiger partial charge in [0.25, 0.3) is 0 Å². The molecule has 0 spiro atoms. The van der Waals surface area contributed by atoms with Crippen LogP contribution in [0.2, 0.25) is 0 Å². The van der Waals surface area contributed by atoms with Gasteiger partial charge in [-0.1, -0.05) is 60.7 Å². The van der Waals surface area contributed by atoms with Gasteiger partial charge in [0.15, 0.2) is 0 Å². The first-order chi connectivity index (χ1) is 19.9. The fourth-order valence-corrected chi connectivity index (χ4v) is 3.80. The van der Waals surface area contributed by atoms with Gasteiger partial charge in [-0.2, -0.15) is 0 Å². The highest BCUT2D eigenvalue weighted by atomic mass is 16.6. The number of hydrogen-bond acceptors (Lipinski definition) is 8. The lowest BCUT2D eigenvalue weighted by molar-refractivity contribution is 0.00448. The van der Waals surface area contributed by atoms with Gasteiger partial charge in [-0.25, -0.2) is 19.2 Å². The molecule has 0 bridgehead atoms. The Kier molecular flexibility index (Phi) is 9.98. The van der Waals surface area contributed by atoms with Crippen LogP contribution < -0.4 is 0 Å². The Balaban J connectivity index is 1.29. The highest BCUT2D eigenvalue weighted by Gasteiger charge is 2.16. The molecule has 0 aliphatic carbocycles. The molecule has 0 aliphatic heterocycles. The zero-order valence-electron chi connectivity index (χ0n) is 22.4. The van der Waals surface area contributed by atoms with Crippen molar-refractivity contribution in [2.45, 2.75) is 13.0 Å². The summed E-state index contributed by atoms with van der Waals surface area (Å²) in [5.74, 6) is -2.14. The van der Waals surface area contributed by atoms with Crippen molar-refractivity contribution in [2.75, 3.05) is 19.8 Å². The lowest BCUT2D eigenvalue weighted by Gasteiger charge is -2.14. The second-order valence-electron chi connectivity index (χ2n) is 8.98. The first-order valence-electron chi connectivity index (χ1n) is 12.9. The highest BCUT2D eigenvalue weighted by Crippen LogP contribution is 2.22. The van der Waals surface area contributed by atoms with Crippen molar-refractivity contribution in [1.82, 2.24) is 0 Å². The van der Waals surface area contributed by atoms with E-state index in [-0.39, 0.29) is 19.8 Å². The number of benzene rings is 4. The zero-order valence-corrected chi connectivity index (χ0v) is 22.4. The Bertz CT molecular complexity index is 1500. The summed E-state index contributed by atoms with van der Waals surface area (Å²) in [6.07, 6.45) is -0.639. The third-order valence-corrected chi connectivity index (χ3v) is 5.86. The summed E-state index contributed by atoms with van der Waals surface area (Å²) in [6, 6.07) is 30.6. The fourth-order valence-electron chi connectivity index (χ4n) is 3.80. The summed E-state index contributed by atoms with van der Waals surface area (Å²) in [5, 5.41) is 0. The van der Waals surface area contributed by atoms with Crippen LogP contribution in [-0.2, 0) is 18.9 Å². The van der Waals surface area contributed by atoms with E-state index in [9.17, 15) is 19.2 Å². The number of esters is 4. The largest absolute Gasteiger partial charge is 0.458 e. The van der Waals surface area contributed by atoms with E-state index in [0.29, 0.717) is 33.4 Å². The normalized spacial score (nSPS) is 11.1. The molecule has 1 unspecified atom stereocenters. The molecule has 208 valence electrons. The van der Waals surface area contributed by atoms with Crippen molar-refractivity contribution in [3.63, 3.8) is 0 Å². The van der Waals surface area contributed by atoms with E-state index < -0.39 is 30.0 Å². The Morgan fingerprint density at radius 1 is 0.512 bits per heavy atom. The Morgan fingerprint density at radius 2 is 0.927 bits per heavy atom. The highest BCUT2D eigenvalue weighted by molar-refractivity contribution is 5.93. The lowest BCUT2D eigenvalue weighted by atomic mass is 10.0. The molecule has 0 saturated heterocycles. The molecule has 0 N–H and O–H groups in total. The average Bonchev–Trinajstić information content (AvgIpc) is 3.02. The molecule has 4 rings (SSSR count). The third-order valence-electron chi connectivity index (χ3n) is 5.86. The van der Waals surface area contributed by atoms with Gasteiger partial charge in [0, 0.05) is 0 Å². The van der Waals surface area contributed by atoms with Gasteiger partial charge in [-0.15, -0.1) is 0 Å². The second-order valence-corrected chi connectivity index (χ2v) is 8.98. The van der Waals surface area contributed by atoms with Crippen LogP contribution in [0.25, 0.3) is 11.1 Å².